The van der Waals surface area contributed by atoms with E-state index >= 15 is 0 Å². The molecular formula is C14H18N2O2. The third-order valence-corrected chi connectivity index (χ3v) is 3.19. The zero-order valence-corrected chi connectivity index (χ0v) is 10.6. The fourth-order valence-corrected chi connectivity index (χ4v) is 2.09. The SMILES string of the molecule is CCC(=O)c1ccc(N2CCNC(=O)CC2)cc1. The highest BCUT2D eigenvalue weighted by Crippen LogP contribution is 2.17. The molecule has 1 amide bonds. The average molecular weight is 246 g/mol. The molecule has 96 valence electrons. The highest BCUT2D eigenvalue weighted by Gasteiger charge is 2.14. The van der Waals surface area contributed by atoms with Crippen molar-refractivity contribution in [2.45, 2.75) is 19.8 Å². The van der Waals surface area contributed by atoms with Gasteiger partial charge in [-0.3, -0.25) is 9.59 Å². The lowest BCUT2D eigenvalue weighted by atomic mass is 10.1. The number of ketones is 1. The van der Waals surface area contributed by atoms with Crippen LogP contribution in [0.1, 0.15) is 30.1 Å². The molecule has 0 atom stereocenters. The number of carbonyl (C=O) groups excluding carboxylic acids is 2. The molecule has 1 N–H and O–H groups in total. The molecule has 0 unspecified atom stereocenters. The molecule has 2 rings (SSSR count). The van der Waals surface area contributed by atoms with E-state index in [-0.39, 0.29) is 11.7 Å². The fourth-order valence-electron chi connectivity index (χ4n) is 2.09. The summed E-state index contributed by atoms with van der Waals surface area (Å²) in [4.78, 5) is 25.0. The van der Waals surface area contributed by atoms with Gasteiger partial charge in [0.05, 0.1) is 0 Å². The quantitative estimate of drug-likeness (QED) is 0.824. The van der Waals surface area contributed by atoms with Gasteiger partial charge < -0.3 is 10.2 Å². The summed E-state index contributed by atoms with van der Waals surface area (Å²) in [5.74, 6) is 0.268. The molecule has 1 aromatic rings. The van der Waals surface area contributed by atoms with Crippen molar-refractivity contribution in [2.75, 3.05) is 24.5 Å². The molecule has 1 aliphatic heterocycles. The number of amides is 1. The minimum atomic E-state index is 0.107. The average Bonchev–Trinajstić information content (AvgIpc) is 2.63. The molecule has 0 aliphatic carbocycles. The minimum absolute atomic E-state index is 0.107. The summed E-state index contributed by atoms with van der Waals surface area (Å²) < 4.78 is 0. The maximum Gasteiger partial charge on any atom is 0.221 e. The van der Waals surface area contributed by atoms with Gasteiger partial charge in [0, 0.05) is 43.7 Å². The summed E-state index contributed by atoms with van der Waals surface area (Å²) in [5, 5.41) is 2.85. The van der Waals surface area contributed by atoms with Gasteiger partial charge in [-0.05, 0) is 24.3 Å². The molecule has 1 saturated heterocycles. The fraction of sp³-hybridized carbons (Fsp3) is 0.429. The first-order chi connectivity index (χ1) is 8.70. The van der Waals surface area contributed by atoms with Gasteiger partial charge >= 0.3 is 0 Å². The number of nitrogens with zero attached hydrogens (tertiary/aromatic N) is 1. The first kappa shape index (κ1) is 12.6. The van der Waals surface area contributed by atoms with Crippen LogP contribution in [0.4, 0.5) is 5.69 Å². The first-order valence-electron chi connectivity index (χ1n) is 6.35. The molecule has 1 fully saturated rings. The van der Waals surface area contributed by atoms with Crippen LogP contribution < -0.4 is 10.2 Å². The van der Waals surface area contributed by atoms with Gasteiger partial charge in [0.25, 0.3) is 0 Å². The highest BCUT2D eigenvalue weighted by atomic mass is 16.1. The molecule has 0 spiro atoms. The number of anilines is 1. The molecule has 1 heterocycles. The van der Waals surface area contributed by atoms with Crippen molar-refractivity contribution in [3.05, 3.63) is 29.8 Å². The van der Waals surface area contributed by atoms with Crippen LogP contribution in [0.25, 0.3) is 0 Å². The second-order valence-corrected chi connectivity index (χ2v) is 4.41. The van der Waals surface area contributed by atoms with Crippen molar-refractivity contribution >= 4 is 17.4 Å². The number of carbonyl (C=O) groups is 2. The van der Waals surface area contributed by atoms with Gasteiger partial charge in [-0.2, -0.15) is 0 Å². The van der Waals surface area contributed by atoms with Crippen molar-refractivity contribution < 1.29 is 9.59 Å². The van der Waals surface area contributed by atoms with E-state index in [1.165, 1.54) is 0 Å². The maximum absolute atomic E-state index is 11.5. The summed E-state index contributed by atoms with van der Waals surface area (Å²) in [5.41, 5.74) is 1.82. The van der Waals surface area contributed by atoms with Crippen molar-refractivity contribution in [3.63, 3.8) is 0 Å². The van der Waals surface area contributed by atoms with E-state index in [0.717, 1.165) is 24.3 Å². The van der Waals surface area contributed by atoms with Crippen LogP contribution in [0.5, 0.6) is 0 Å². The number of nitrogens with one attached hydrogen (secondary N) is 1. The molecule has 0 aromatic heterocycles. The van der Waals surface area contributed by atoms with E-state index in [9.17, 15) is 9.59 Å². The van der Waals surface area contributed by atoms with Crippen LogP contribution in [0, 0.1) is 0 Å². The Kier molecular flexibility index (Phi) is 3.97. The van der Waals surface area contributed by atoms with Gasteiger partial charge in [0.2, 0.25) is 5.91 Å². The van der Waals surface area contributed by atoms with E-state index < -0.39 is 0 Å². The van der Waals surface area contributed by atoms with Crippen molar-refractivity contribution in [2.24, 2.45) is 0 Å². The number of Topliss-reactive ketones (excluding diaryl/α,β-unsaturated/α-hetero) is 1. The summed E-state index contributed by atoms with van der Waals surface area (Å²) in [6.07, 6.45) is 1.05. The van der Waals surface area contributed by atoms with Crippen molar-refractivity contribution in [3.8, 4) is 0 Å². The van der Waals surface area contributed by atoms with Crippen molar-refractivity contribution in [1.29, 1.82) is 0 Å². The zero-order chi connectivity index (χ0) is 13.0. The zero-order valence-electron chi connectivity index (χ0n) is 10.6. The molecule has 0 radical (unpaired) electrons. The van der Waals surface area contributed by atoms with Crippen LogP contribution >= 0.6 is 0 Å². The number of benzene rings is 1. The Balaban J connectivity index is 2.09. The Morgan fingerprint density at radius 2 is 2.00 bits per heavy atom. The molecule has 1 aromatic carbocycles. The Morgan fingerprint density at radius 3 is 2.67 bits per heavy atom. The molecule has 1 aliphatic rings. The maximum atomic E-state index is 11.5. The molecule has 0 bridgehead atoms. The minimum Gasteiger partial charge on any atom is -0.369 e. The number of hydrogen-bond donors (Lipinski definition) is 1. The van der Waals surface area contributed by atoms with Crippen LogP contribution in [0.3, 0.4) is 0 Å². The normalized spacial score (nSPS) is 16.1. The molecule has 0 saturated carbocycles. The monoisotopic (exact) mass is 246 g/mol. The van der Waals surface area contributed by atoms with Gasteiger partial charge in [0.15, 0.2) is 5.78 Å². The predicted molar refractivity (Wildman–Crippen MR) is 70.9 cm³/mol. The smallest absolute Gasteiger partial charge is 0.221 e. The number of rotatable bonds is 3. The predicted octanol–water partition coefficient (Wildman–Crippen LogP) is 1.61. The summed E-state index contributed by atoms with van der Waals surface area (Å²) >= 11 is 0. The Hall–Kier alpha value is -1.84. The largest absolute Gasteiger partial charge is 0.369 e. The summed E-state index contributed by atoms with van der Waals surface area (Å²) in [6, 6.07) is 7.64. The van der Waals surface area contributed by atoms with Crippen LogP contribution in [-0.2, 0) is 4.79 Å². The van der Waals surface area contributed by atoms with Crippen LogP contribution in [-0.4, -0.2) is 31.3 Å². The van der Waals surface area contributed by atoms with Gasteiger partial charge in [-0.25, -0.2) is 0 Å². The van der Waals surface area contributed by atoms with Gasteiger partial charge in [-0.15, -0.1) is 0 Å². The Labute approximate surface area is 107 Å². The van der Waals surface area contributed by atoms with E-state index in [4.69, 9.17) is 0 Å². The Bertz CT molecular complexity index is 440. The lowest BCUT2D eigenvalue weighted by molar-refractivity contribution is -0.120. The summed E-state index contributed by atoms with van der Waals surface area (Å²) in [6.45, 7) is 4.08. The van der Waals surface area contributed by atoms with E-state index in [1.807, 2.05) is 31.2 Å². The molecule has 18 heavy (non-hydrogen) atoms. The lowest BCUT2D eigenvalue weighted by Gasteiger charge is -2.21. The van der Waals surface area contributed by atoms with E-state index in [1.54, 1.807) is 0 Å². The molecule has 4 nitrogen and oxygen atoms in total. The van der Waals surface area contributed by atoms with Crippen molar-refractivity contribution in [1.82, 2.24) is 5.32 Å². The van der Waals surface area contributed by atoms with E-state index in [0.29, 0.717) is 19.4 Å². The van der Waals surface area contributed by atoms with E-state index in [2.05, 4.69) is 10.2 Å². The van der Waals surface area contributed by atoms with Gasteiger partial charge in [-0.1, -0.05) is 6.92 Å². The van der Waals surface area contributed by atoms with Gasteiger partial charge in [0.1, 0.15) is 0 Å². The highest BCUT2D eigenvalue weighted by molar-refractivity contribution is 5.96. The second-order valence-electron chi connectivity index (χ2n) is 4.41. The Morgan fingerprint density at radius 1 is 1.28 bits per heavy atom. The second kappa shape index (κ2) is 5.67. The number of hydrogen-bond acceptors (Lipinski definition) is 3. The molecular weight excluding hydrogens is 228 g/mol. The standard InChI is InChI=1S/C14H18N2O2/c1-2-13(17)11-3-5-12(6-4-11)16-9-7-14(18)15-8-10-16/h3-6H,2,7-10H2,1H3,(H,15,18). The summed E-state index contributed by atoms with van der Waals surface area (Å²) in [7, 11) is 0. The third-order valence-electron chi connectivity index (χ3n) is 3.19. The molecule has 4 heteroatoms. The topological polar surface area (TPSA) is 49.4 Å². The lowest BCUT2D eigenvalue weighted by Crippen LogP contribution is -2.28. The first-order valence-corrected chi connectivity index (χ1v) is 6.35. The van der Waals surface area contributed by atoms with Crippen LogP contribution in [0.2, 0.25) is 0 Å². The third kappa shape index (κ3) is 2.88. The van der Waals surface area contributed by atoms with Crippen LogP contribution in [0.15, 0.2) is 24.3 Å².